The highest BCUT2D eigenvalue weighted by molar-refractivity contribution is 5.69. The molecule has 0 amide bonds. The lowest BCUT2D eigenvalue weighted by molar-refractivity contribution is -0.146. The smallest absolute Gasteiger partial charge is 0.309 e. The number of ether oxygens (including phenoxy) is 2. The molecule has 0 bridgehead atoms. The molecule has 2 aromatic rings. The van der Waals surface area contributed by atoms with Crippen LogP contribution in [-0.4, -0.2) is 17.7 Å². The minimum atomic E-state index is -0.328. The summed E-state index contributed by atoms with van der Waals surface area (Å²) in [6.45, 7) is 4.21. The number of hydrogen-bond donors (Lipinski definition) is 0. The number of benzene rings is 1. The molecule has 0 saturated carbocycles. The molecule has 5 nitrogen and oxygen atoms in total. The third kappa shape index (κ3) is 4.42. The van der Waals surface area contributed by atoms with Gasteiger partial charge in [0.15, 0.2) is 12.4 Å². The van der Waals surface area contributed by atoms with Gasteiger partial charge in [-0.05, 0) is 26.0 Å². The number of carbonyl (C=O) groups excluding carboxylic acids is 1. The number of aryl methyl sites for hydroxylation is 2. The largest absolute Gasteiger partial charge is 0.493 e. The first-order valence-corrected chi connectivity index (χ1v) is 6.41. The van der Waals surface area contributed by atoms with Crippen molar-refractivity contribution in [3.05, 3.63) is 47.3 Å². The lowest BCUT2D eigenvalue weighted by Crippen LogP contribution is -2.09. The molecule has 2 rings (SSSR count). The van der Waals surface area contributed by atoms with Crippen LogP contribution in [0.4, 0.5) is 0 Å². The van der Waals surface area contributed by atoms with Crippen LogP contribution in [0.2, 0.25) is 0 Å². The summed E-state index contributed by atoms with van der Waals surface area (Å²) in [7, 11) is 0. The third-order valence-corrected chi connectivity index (χ3v) is 2.65. The summed E-state index contributed by atoms with van der Waals surface area (Å²) in [5.74, 6) is 0.954. The van der Waals surface area contributed by atoms with E-state index in [4.69, 9.17) is 14.0 Å². The van der Waals surface area contributed by atoms with Crippen LogP contribution in [0, 0.1) is 13.8 Å². The fraction of sp³-hybridized carbons (Fsp3) is 0.333. The molecule has 0 radical (unpaired) electrons. The summed E-state index contributed by atoms with van der Waals surface area (Å²) in [5, 5.41) is 3.71. The second-order valence-electron chi connectivity index (χ2n) is 4.51. The fourth-order valence-electron chi connectivity index (χ4n) is 1.59. The Hall–Kier alpha value is -2.30. The van der Waals surface area contributed by atoms with Gasteiger partial charge in [0, 0.05) is 6.07 Å². The van der Waals surface area contributed by atoms with Gasteiger partial charge < -0.3 is 14.0 Å². The first kappa shape index (κ1) is 14.1. The van der Waals surface area contributed by atoms with E-state index in [1.807, 2.05) is 38.1 Å². The van der Waals surface area contributed by atoms with E-state index >= 15 is 0 Å². The van der Waals surface area contributed by atoms with Crippen molar-refractivity contribution in [2.45, 2.75) is 26.9 Å². The quantitative estimate of drug-likeness (QED) is 0.759. The molecule has 0 fully saturated rings. The van der Waals surface area contributed by atoms with Crippen LogP contribution in [0.25, 0.3) is 0 Å². The molecule has 5 heteroatoms. The fourth-order valence-corrected chi connectivity index (χ4v) is 1.59. The molecule has 0 aliphatic heterocycles. The van der Waals surface area contributed by atoms with E-state index in [0.29, 0.717) is 5.76 Å². The Labute approximate surface area is 117 Å². The number of carbonyl (C=O) groups is 1. The highest BCUT2D eigenvalue weighted by atomic mass is 16.6. The van der Waals surface area contributed by atoms with Crippen LogP contribution in [0.3, 0.4) is 0 Å². The lowest BCUT2D eigenvalue weighted by atomic mass is 10.2. The van der Waals surface area contributed by atoms with Gasteiger partial charge in [0.05, 0.1) is 18.7 Å². The van der Waals surface area contributed by atoms with Crippen molar-refractivity contribution in [2.75, 3.05) is 6.61 Å². The zero-order chi connectivity index (χ0) is 14.4. The van der Waals surface area contributed by atoms with Crippen LogP contribution < -0.4 is 4.74 Å². The van der Waals surface area contributed by atoms with Crippen molar-refractivity contribution in [3.8, 4) is 5.75 Å². The molecule has 0 aliphatic rings. The van der Waals surface area contributed by atoms with Crippen LogP contribution >= 0.6 is 0 Å². The van der Waals surface area contributed by atoms with Crippen molar-refractivity contribution >= 4 is 5.97 Å². The van der Waals surface area contributed by atoms with Crippen LogP contribution in [-0.2, 0) is 16.1 Å². The number of rotatable bonds is 6. The predicted molar refractivity (Wildman–Crippen MR) is 72.3 cm³/mol. The SMILES string of the molecule is Cc1ccc(OCCC(=O)OCc2cc(C)no2)cc1. The van der Waals surface area contributed by atoms with Gasteiger partial charge in [-0.25, -0.2) is 0 Å². The van der Waals surface area contributed by atoms with Crippen molar-refractivity contribution in [1.29, 1.82) is 0 Å². The second kappa shape index (κ2) is 6.75. The zero-order valence-corrected chi connectivity index (χ0v) is 11.6. The Kier molecular flexibility index (Phi) is 4.76. The zero-order valence-electron chi connectivity index (χ0n) is 11.6. The van der Waals surface area contributed by atoms with Gasteiger partial charge in [-0.3, -0.25) is 4.79 Å². The van der Waals surface area contributed by atoms with Crippen molar-refractivity contribution in [3.63, 3.8) is 0 Å². The van der Waals surface area contributed by atoms with Crippen molar-refractivity contribution < 1.29 is 18.8 Å². The molecule has 20 heavy (non-hydrogen) atoms. The Balaban J connectivity index is 1.66. The molecule has 0 spiro atoms. The first-order valence-electron chi connectivity index (χ1n) is 6.41. The highest BCUT2D eigenvalue weighted by Crippen LogP contribution is 2.11. The summed E-state index contributed by atoms with van der Waals surface area (Å²) in [6.07, 6.45) is 0.195. The summed E-state index contributed by atoms with van der Waals surface area (Å²) in [5.41, 5.74) is 1.93. The standard InChI is InChI=1S/C15H17NO4/c1-11-3-5-13(6-4-11)18-8-7-15(17)19-10-14-9-12(2)16-20-14/h3-6,9H,7-8,10H2,1-2H3. The Morgan fingerprint density at radius 3 is 2.65 bits per heavy atom. The molecule has 0 aliphatic carbocycles. The van der Waals surface area contributed by atoms with Crippen LogP contribution in [0.15, 0.2) is 34.9 Å². The second-order valence-corrected chi connectivity index (χ2v) is 4.51. The average molecular weight is 275 g/mol. The maximum atomic E-state index is 11.5. The topological polar surface area (TPSA) is 61.6 Å². The van der Waals surface area contributed by atoms with E-state index in [1.165, 1.54) is 5.56 Å². The predicted octanol–water partition coefficient (Wildman–Crippen LogP) is 2.80. The number of nitrogens with zero attached hydrogens (tertiary/aromatic N) is 1. The highest BCUT2D eigenvalue weighted by Gasteiger charge is 2.07. The first-order chi connectivity index (χ1) is 9.63. The van der Waals surface area contributed by atoms with Gasteiger partial charge in [0.1, 0.15) is 5.75 Å². The van der Waals surface area contributed by atoms with Crippen molar-refractivity contribution in [2.24, 2.45) is 0 Å². The van der Waals surface area contributed by atoms with Gasteiger partial charge in [-0.15, -0.1) is 0 Å². The van der Waals surface area contributed by atoms with Crippen LogP contribution in [0.1, 0.15) is 23.4 Å². The lowest BCUT2D eigenvalue weighted by Gasteiger charge is -2.06. The normalized spacial score (nSPS) is 10.3. The van der Waals surface area contributed by atoms with Gasteiger partial charge in [-0.1, -0.05) is 22.9 Å². The minimum Gasteiger partial charge on any atom is -0.493 e. The van der Waals surface area contributed by atoms with Gasteiger partial charge in [-0.2, -0.15) is 0 Å². The molecule has 1 heterocycles. The van der Waals surface area contributed by atoms with Crippen molar-refractivity contribution in [1.82, 2.24) is 5.16 Å². The number of hydrogen-bond acceptors (Lipinski definition) is 5. The summed E-state index contributed by atoms with van der Waals surface area (Å²) in [4.78, 5) is 11.5. The van der Waals surface area contributed by atoms with E-state index in [1.54, 1.807) is 6.07 Å². The van der Waals surface area contributed by atoms with E-state index in [2.05, 4.69) is 5.16 Å². The van der Waals surface area contributed by atoms with E-state index in [9.17, 15) is 4.79 Å². The number of esters is 1. The van der Waals surface area contributed by atoms with E-state index in [-0.39, 0.29) is 25.6 Å². The summed E-state index contributed by atoms with van der Waals surface area (Å²) in [6, 6.07) is 9.39. The average Bonchev–Trinajstić information content (AvgIpc) is 2.85. The number of aromatic nitrogens is 1. The van der Waals surface area contributed by atoms with Gasteiger partial charge in [0.25, 0.3) is 0 Å². The van der Waals surface area contributed by atoms with Gasteiger partial charge in [0.2, 0.25) is 0 Å². The third-order valence-electron chi connectivity index (χ3n) is 2.65. The Bertz CT molecular complexity index is 560. The van der Waals surface area contributed by atoms with E-state index in [0.717, 1.165) is 11.4 Å². The molecule has 106 valence electrons. The monoisotopic (exact) mass is 275 g/mol. The molecule has 1 aromatic heterocycles. The Morgan fingerprint density at radius 1 is 1.25 bits per heavy atom. The summed E-state index contributed by atoms with van der Waals surface area (Å²) < 4.78 is 15.4. The molecule has 0 N–H and O–H groups in total. The molecular formula is C15H17NO4. The van der Waals surface area contributed by atoms with E-state index < -0.39 is 0 Å². The minimum absolute atomic E-state index is 0.101. The molecule has 1 aromatic carbocycles. The molecule has 0 saturated heterocycles. The maximum Gasteiger partial charge on any atom is 0.309 e. The van der Waals surface area contributed by atoms with Gasteiger partial charge >= 0.3 is 5.97 Å². The maximum absolute atomic E-state index is 11.5. The summed E-state index contributed by atoms with van der Waals surface area (Å²) >= 11 is 0. The molecular weight excluding hydrogens is 258 g/mol. The molecule has 0 unspecified atom stereocenters. The van der Waals surface area contributed by atoms with Crippen LogP contribution in [0.5, 0.6) is 5.75 Å². The molecule has 0 atom stereocenters. The Morgan fingerprint density at radius 2 is 2.00 bits per heavy atom.